The molecule has 1 fully saturated rings. The van der Waals surface area contributed by atoms with E-state index in [2.05, 4.69) is 5.32 Å². The maximum absolute atomic E-state index is 13.3. The second-order valence-electron chi connectivity index (χ2n) is 7.46. The fourth-order valence-electron chi connectivity index (χ4n) is 3.86. The van der Waals surface area contributed by atoms with E-state index in [9.17, 15) is 18.0 Å². The van der Waals surface area contributed by atoms with Crippen molar-refractivity contribution in [3.8, 4) is 0 Å². The van der Waals surface area contributed by atoms with Crippen molar-refractivity contribution in [1.29, 1.82) is 0 Å². The molecule has 6 nitrogen and oxygen atoms in total. The van der Waals surface area contributed by atoms with Crippen molar-refractivity contribution in [2.24, 2.45) is 7.05 Å². The smallest absolute Gasteiger partial charge is 0.408 e. The highest BCUT2D eigenvalue weighted by atomic mass is 19.4. The number of ether oxygens (including phenoxy) is 1. The Kier molecular flexibility index (Phi) is 5.01. The monoisotopic (exact) mass is 421 g/mol. The highest BCUT2D eigenvalue weighted by Gasteiger charge is 2.56. The summed E-state index contributed by atoms with van der Waals surface area (Å²) >= 11 is 0. The van der Waals surface area contributed by atoms with Crippen LogP contribution in [0.15, 0.2) is 51.7 Å². The molecule has 3 aromatic rings. The van der Waals surface area contributed by atoms with E-state index in [-0.39, 0.29) is 25.9 Å². The first-order valence-electron chi connectivity index (χ1n) is 9.56. The number of piperidine rings is 1. The number of alkyl halides is 3. The number of hydrogen-bond donors (Lipinski definition) is 1. The third kappa shape index (κ3) is 3.54. The van der Waals surface area contributed by atoms with Gasteiger partial charge < -0.3 is 19.4 Å². The third-order valence-electron chi connectivity index (χ3n) is 5.79. The molecule has 0 bridgehead atoms. The number of benzene rings is 2. The number of rotatable bonds is 4. The second-order valence-corrected chi connectivity index (χ2v) is 7.46. The molecule has 160 valence electrons. The van der Waals surface area contributed by atoms with Gasteiger partial charge in [0.05, 0.1) is 5.52 Å². The van der Waals surface area contributed by atoms with Gasteiger partial charge in [-0.3, -0.25) is 4.57 Å². The van der Waals surface area contributed by atoms with Crippen molar-refractivity contribution < 1.29 is 22.3 Å². The van der Waals surface area contributed by atoms with Crippen LogP contribution >= 0.6 is 0 Å². The highest BCUT2D eigenvalue weighted by Crippen LogP contribution is 2.42. The van der Waals surface area contributed by atoms with Crippen LogP contribution in [0.1, 0.15) is 12.8 Å². The SMILES string of the molecule is COC1(C(F)(F)F)CCN(c2ccc(Nc3ccc4oc(=O)n(C)c4c3)cc2)CC1. The zero-order valence-corrected chi connectivity index (χ0v) is 16.6. The Labute approximate surface area is 170 Å². The van der Waals surface area contributed by atoms with Gasteiger partial charge in [-0.1, -0.05) is 0 Å². The van der Waals surface area contributed by atoms with Crippen LogP contribution in [0.4, 0.5) is 30.2 Å². The van der Waals surface area contributed by atoms with Crippen LogP contribution in [0.2, 0.25) is 0 Å². The second kappa shape index (κ2) is 7.39. The molecule has 0 atom stereocenters. The third-order valence-corrected chi connectivity index (χ3v) is 5.79. The quantitative estimate of drug-likeness (QED) is 0.676. The fourth-order valence-corrected chi connectivity index (χ4v) is 3.86. The minimum absolute atomic E-state index is 0.101. The van der Waals surface area contributed by atoms with Gasteiger partial charge in [-0.2, -0.15) is 13.2 Å². The first-order chi connectivity index (χ1) is 14.2. The van der Waals surface area contributed by atoms with Crippen molar-refractivity contribution in [2.45, 2.75) is 24.6 Å². The molecule has 2 heterocycles. The van der Waals surface area contributed by atoms with Gasteiger partial charge in [0, 0.05) is 57.2 Å². The van der Waals surface area contributed by atoms with E-state index in [4.69, 9.17) is 9.15 Å². The molecule has 0 saturated carbocycles. The lowest BCUT2D eigenvalue weighted by atomic mass is 9.90. The molecule has 4 rings (SSSR count). The number of hydrogen-bond acceptors (Lipinski definition) is 5. The topological polar surface area (TPSA) is 59.6 Å². The van der Waals surface area contributed by atoms with Crippen molar-refractivity contribution in [2.75, 3.05) is 30.4 Å². The average molecular weight is 421 g/mol. The molecule has 1 aliphatic heterocycles. The number of halogens is 3. The molecule has 9 heteroatoms. The van der Waals surface area contributed by atoms with Gasteiger partial charge in [0.25, 0.3) is 0 Å². The summed E-state index contributed by atoms with van der Waals surface area (Å²) in [4.78, 5) is 13.5. The first kappa shape index (κ1) is 20.3. The standard InChI is InChI=1S/C21H22F3N3O3/c1-26-17-13-15(5-8-18(17)30-19(26)28)25-14-3-6-16(7-4-14)27-11-9-20(29-2,10-12-27)21(22,23)24/h3-8,13,25H,9-12H2,1-2H3. The lowest BCUT2D eigenvalue weighted by Crippen LogP contribution is -2.54. The molecule has 0 aliphatic carbocycles. The van der Waals surface area contributed by atoms with Crippen LogP contribution < -0.4 is 16.0 Å². The summed E-state index contributed by atoms with van der Waals surface area (Å²) in [5.74, 6) is -0.420. The van der Waals surface area contributed by atoms with Gasteiger partial charge >= 0.3 is 11.9 Å². The Morgan fingerprint density at radius 2 is 1.70 bits per heavy atom. The lowest BCUT2D eigenvalue weighted by molar-refractivity contribution is -0.276. The molecule has 2 aromatic carbocycles. The Hall–Kier alpha value is -2.94. The van der Waals surface area contributed by atoms with Crippen molar-refractivity contribution in [3.63, 3.8) is 0 Å². The largest absolute Gasteiger partial charge is 0.419 e. The minimum Gasteiger partial charge on any atom is -0.408 e. The van der Waals surface area contributed by atoms with Gasteiger partial charge in [-0.25, -0.2) is 4.79 Å². The van der Waals surface area contributed by atoms with E-state index >= 15 is 0 Å². The van der Waals surface area contributed by atoms with Crippen LogP contribution in [0.3, 0.4) is 0 Å². The van der Waals surface area contributed by atoms with Gasteiger partial charge in [-0.15, -0.1) is 0 Å². The normalized spacial score (nSPS) is 16.8. The van der Waals surface area contributed by atoms with Gasteiger partial charge in [0.15, 0.2) is 11.2 Å². The zero-order chi connectivity index (χ0) is 21.5. The maximum atomic E-state index is 13.3. The molecule has 1 aliphatic rings. The molecule has 1 saturated heterocycles. The predicted octanol–water partition coefficient (Wildman–Crippen LogP) is 4.42. The molecule has 1 aromatic heterocycles. The molecular weight excluding hydrogens is 399 g/mol. The Balaban J connectivity index is 1.45. The molecule has 1 N–H and O–H groups in total. The molecule has 0 spiro atoms. The Bertz CT molecular complexity index is 1090. The summed E-state index contributed by atoms with van der Waals surface area (Å²) in [6.07, 6.45) is -4.58. The maximum Gasteiger partial charge on any atom is 0.419 e. The number of anilines is 3. The minimum atomic E-state index is -4.37. The van der Waals surface area contributed by atoms with Crippen LogP contribution in [0.25, 0.3) is 11.1 Å². The summed E-state index contributed by atoms with van der Waals surface area (Å²) in [7, 11) is 2.77. The Morgan fingerprint density at radius 3 is 2.30 bits per heavy atom. The molecular formula is C21H22F3N3O3. The Morgan fingerprint density at radius 1 is 1.07 bits per heavy atom. The van der Waals surface area contributed by atoms with Crippen molar-refractivity contribution >= 4 is 28.2 Å². The zero-order valence-electron chi connectivity index (χ0n) is 16.6. The first-order valence-corrected chi connectivity index (χ1v) is 9.56. The van der Waals surface area contributed by atoms with E-state index in [1.807, 2.05) is 41.3 Å². The number of aryl methyl sites for hydroxylation is 1. The number of aromatic nitrogens is 1. The van der Waals surface area contributed by atoms with Gasteiger partial charge in [-0.05, 0) is 42.5 Å². The van der Waals surface area contributed by atoms with Crippen LogP contribution in [-0.2, 0) is 11.8 Å². The summed E-state index contributed by atoms with van der Waals surface area (Å²) in [5.41, 5.74) is 1.61. The van der Waals surface area contributed by atoms with Crippen molar-refractivity contribution in [1.82, 2.24) is 4.57 Å². The number of fused-ring (bicyclic) bond motifs is 1. The summed E-state index contributed by atoms with van der Waals surface area (Å²) in [6, 6.07) is 12.9. The number of oxazole rings is 1. The summed E-state index contributed by atoms with van der Waals surface area (Å²) in [5, 5.41) is 3.26. The molecule has 0 unspecified atom stereocenters. The number of nitrogens with zero attached hydrogens (tertiary/aromatic N) is 2. The van der Waals surface area contributed by atoms with Crippen molar-refractivity contribution in [3.05, 3.63) is 53.0 Å². The summed E-state index contributed by atoms with van der Waals surface area (Å²) < 4.78 is 51.4. The van der Waals surface area contributed by atoms with Crippen LogP contribution in [0, 0.1) is 0 Å². The number of methoxy groups -OCH3 is 1. The van der Waals surface area contributed by atoms with E-state index in [0.717, 1.165) is 24.2 Å². The number of nitrogens with one attached hydrogen (secondary N) is 1. The molecule has 0 radical (unpaired) electrons. The van der Waals surface area contributed by atoms with E-state index < -0.39 is 17.5 Å². The van der Waals surface area contributed by atoms with Gasteiger partial charge in [0.2, 0.25) is 0 Å². The highest BCUT2D eigenvalue weighted by molar-refractivity contribution is 5.79. The van der Waals surface area contributed by atoms with Crippen LogP contribution in [0.5, 0.6) is 0 Å². The summed E-state index contributed by atoms with van der Waals surface area (Å²) in [6.45, 7) is 0.538. The molecule has 30 heavy (non-hydrogen) atoms. The molecule has 0 amide bonds. The van der Waals surface area contributed by atoms with Crippen LogP contribution in [-0.4, -0.2) is 36.5 Å². The van der Waals surface area contributed by atoms with E-state index in [1.165, 1.54) is 4.57 Å². The van der Waals surface area contributed by atoms with E-state index in [1.54, 1.807) is 13.1 Å². The van der Waals surface area contributed by atoms with E-state index in [0.29, 0.717) is 11.1 Å². The van der Waals surface area contributed by atoms with Gasteiger partial charge in [0.1, 0.15) is 0 Å². The predicted molar refractivity (Wildman–Crippen MR) is 108 cm³/mol. The average Bonchev–Trinajstić information content (AvgIpc) is 3.01. The lowest BCUT2D eigenvalue weighted by Gasteiger charge is -2.42. The fraction of sp³-hybridized carbons (Fsp3) is 0.381.